The number of ether oxygens (including phenoxy) is 3. The van der Waals surface area contributed by atoms with E-state index in [1.54, 1.807) is 43.5 Å². The first kappa shape index (κ1) is 23.5. The van der Waals surface area contributed by atoms with Gasteiger partial charge < -0.3 is 19.5 Å². The van der Waals surface area contributed by atoms with Crippen LogP contribution in [0, 0.1) is 0 Å². The number of alkyl halides is 2. The van der Waals surface area contributed by atoms with Crippen LogP contribution in [0.4, 0.5) is 13.6 Å². The summed E-state index contributed by atoms with van der Waals surface area (Å²) in [5, 5.41) is 3.12. The Balaban J connectivity index is 1.75. The van der Waals surface area contributed by atoms with Crippen LogP contribution in [0.5, 0.6) is 5.75 Å². The number of hydrogen-bond acceptors (Lipinski definition) is 6. The topological polar surface area (TPSA) is 77.1 Å². The molecule has 1 aliphatic heterocycles. The van der Waals surface area contributed by atoms with Gasteiger partial charge in [-0.1, -0.05) is 42.5 Å². The molecular weight excluding hydrogens is 422 g/mol. The van der Waals surface area contributed by atoms with E-state index in [0.717, 1.165) is 17.6 Å². The van der Waals surface area contributed by atoms with Gasteiger partial charge in [-0.25, -0.2) is 18.4 Å². The highest BCUT2D eigenvalue weighted by Crippen LogP contribution is 2.31. The summed E-state index contributed by atoms with van der Waals surface area (Å²) in [7, 11) is 2.72. The van der Waals surface area contributed by atoms with Crippen molar-refractivity contribution in [1.82, 2.24) is 10.2 Å². The normalized spacial score (nSPS) is 20.3. The van der Waals surface area contributed by atoms with E-state index >= 15 is 0 Å². The Hall–Kier alpha value is -3.20. The number of hydrogen-bond donors (Lipinski definition) is 1. The molecule has 7 nitrogen and oxygen atoms in total. The minimum absolute atomic E-state index is 0.0933. The molecule has 1 N–H and O–H groups in total. The van der Waals surface area contributed by atoms with Crippen LogP contribution in [0.15, 0.2) is 54.6 Å². The standard InChI is InChI=1S/C23H26F2N2O5/c1-30-17-10-8-15(9-11-17)13-26-18-12-19(21(24)25)27(20(18)22(28)31-2)23(29)32-14-16-6-4-3-5-7-16/h3-11,18-21,26H,12-14H2,1-2H3/t18-,19-,20?/m0/s1. The SMILES string of the molecule is COC(=O)C1[C@@H](NCc2ccc(OC)cc2)C[C@@H](C(F)F)N1C(=O)OCc1ccccc1. The van der Waals surface area contributed by atoms with Crippen LogP contribution in [0.2, 0.25) is 0 Å². The lowest BCUT2D eigenvalue weighted by Gasteiger charge is -2.29. The average molecular weight is 448 g/mol. The minimum Gasteiger partial charge on any atom is -0.497 e. The number of esters is 1. The van der Waals surface area contributed by atoms with E-state index in [2.05, 4.69) is 5.32 Å². The van der Waals surface area contributed by atoms with Crippen LogP contribution in [0.1, 0.15) is 17.5 Å². The van der Waals surface area contributed by atoms with E-state index in [9.17, 15) is 18.4 Å². The van der Waals surface area contributed by atoms with Gasteiger partial charge in [0, 0.05) is 12.6 Å². The predicted octanol–water partition coefficient (Wildman–Crippen LogP) is 3.37. The number of carbonyl (C=O) groups is 2. The smallest absolute Gasteiger partial charge is 0.411 e. The zero-order valence-electron chi connectivity index (χ0n) is 17.9. The maximum absolute atomic E-state index is 13.8. The molecule has 1 fully saturated rings. The summed E-state index contributed by atoms with van der Waals surface area (Å²) in [6.45, 7) is 0.217. The van der Waals surface area contributed by atoms with Crippen molar-refractivity contribution in [3.63, 3.8) is 0 Å². The number of rotatable bonds is 8. The first-order valence-electron chi connectivity index (χ1n) is 10.2. The number of nitrogens with one attached hydrogen (secondary N) is 1. The summed E-state index contributed by atoms with van der Waals surface area (Å²) in [6.07, 6.45) is -3.95. The van der Waals surface area contributed by atoms with Crippen molar-refractivity contribution in [1.29, 1.82) is 0 Å². The molecule has 0 aromatic heterocycles. The van der Waals surface area contributed by atoms with Crippen LogP contribution >= 0.6 is 0 Å². The Labute approximate surface area is 185 Å². The van der Waals surface area contributed by atoms with Gasteiger partial charge in [-0.05, 0) is 29.7 Å². The molecule has 0 bridgehead atoms. The molecule has 1 unspecified atom stereocenters. The molecular formula is C23H26F2N2O5. The lowest BCUT2D eigenvalue weighted by atomic mass is 10.1. The number of nitrogens with zero attached hydrogens (tertiary/aromatic N) is 1. The van der Waals surface area contributed by atoms with Crippen molar-refractivity contribution in [2.24, 2.45) is 0 Å². The van der Waals surface area contributed by atoms with Crippen LogP contribution < -0.4 is 10.1 Å². The molecule has 1 saturated heterocycles. The molecule has 1 heterocycles. The Kier molecular flexibility index (Phi) is 7.99. The van der Waals surface area contributed by atoms with E-state index in [4.69, 9.17) is 14.2 Å². The van der Waals surface area contributed by atoms with Crippen molar-refractivity contribution in [2.45, 2.75) is 44.1 Å². The minimum atomic E-state index is -2.85. The summed E-state index contributed by atoms with van der Waals surface area (Å²) in [5.74, 6) is -0.0933. The molecule has 0 spiro atoms. The first-order valence-corrected chi connectivity index (χ1v) is 10.2. The van der Waals surface area contributed by atoms with Gasteiger partial charge in [-0.3, -0.25) is 4.90 Å². The first-order chi connectivity index (χ1) is 15.4. The van der Waals surface area contributed by atoms with E-state index < -0.39 is 36.6 Å². The summed E-state index contributed by atoms with van der Waals surface area (Å²) >= 11 is 0. The summed E-state index contributed by atoms with van der Waals surface area (Å²) in [4.78, 5) is 26.1. The van der Waals surface area contributed by atoms with E-state index in [1.807, 2.05) is 18.2 Å². The number of halogens is 2. The average Bonchev–Trinajstić information content (AvgIpc) is 3.21. The zero-order valence-corrected chi connectivity index (χ0v) is 17.9. The molecule has 1 aliphatic rings. The van der Waals surface area contributed by atoms with Gasteiger partial charge >= 0.3 is 12.1 Å². The molecule has 172 valence electrons. The predicted molar refractivity (Wildman–Crippen MR) is 112 cm³/mol. The molecule has 0 saturated carbocycles. The van der Waals surface area contributed by atoms with Crippen LogP contribution in [-0.4, -0.2) is 55.7 Å². The number of carbonyl (C=O) groups excluding carboxylic acids is 2. The number of benzene rings is 2. The van der Waals surface area contributed by atoms with Gasteiger partial charge in [-0.2, -0.15) is 0 Å². The number of methoxy groups -OCH3 is 2. The summed E-state index contributed by atoms with van der Waals surface area (Å²) in [6, 6.07) is 12.6. The molecule has 9 heteroatoms. The maximum atomic E-state index is 13.8. The lowest BCUT2D eigenvalue weighted by Crippen LogP contribution is -2.52. The fourth-order valence-corrected chi connectivity index (χ4v) is 3.76. The quantitative estimate of drug-likeness (QED) is 0.624. The molecule has 2 aromatic rings. The highest BCUT2D eigenvalue weighted by atomic mass is 19.3. The lowest BCUT2D eigenvalue weighted by molar-refractivity contribution is -0.147. The van der Waals surface area contributed by atoms with E-state index in [0.29, 0.717) is 17.9 Å². The second-order valence-electron chi connectivity index (χ2n) is 7.39. The second kappa shape index (κ2) is 10.9. The largest absolute Gasteiger partial charge is 0.497 e. The van der Waals surface area contributed by atoms with Crippen molar-refractivity contribution >= 4 is 12.1 Å². The van der Waals surface area contributed by atoms with Gasteiger partial charge in [0.05, 0.1) is 20.3 Å². The van der Waals surface area contributed by atoms with Gasteiger partial charge in [0.25, 0.3) is 6.43 Å². The molecule has 2 aromatic carbocycles. The van der Waals surface area contributed by atoms with Gasteiger partial charge in [0.15, 0.2) is 0 Å². The fraction of sp³-hybridized carbons (Fsp3) is 0.391. The third kappa shape index (κ3) is 5.53. The van der Waals surface area contributed by atoms with Crippen LogP contribution in [0.25, 0.3) is 0 Å². The van der Waals surface area contributed by atoms with Crippen LogP contribution in [0.3, 0.4) is 0 Å². The van der Waals surface area contributed by atoms with Crippen molar-refractivity contribution in [3.8, 4) is 5.75 Å². The molecule has 3 rings (SSSR count). The van der Waals surface area contributed by atoms with Crippen molar-refractivity contribution < 1.29 is 32.6 Å². The Morgan fingerprint density at radius 1 is 1.06 bits per heavy atom. The highest BCUT2D eigenvalue weighted by Gasteiger charge is 2.52. The van der Waals surface area contributed by atoms with Crippen LogP contribution in [-0.2, 0) is 27.4 Å². The summed E-state index contributed by atoms with van der Waals surface area (Å²) < 4.78 is 42.9. The van der Waals surface area contributed by atoms with E-state index in [1.165, 1.54) is 0 Å². The Bertz CT molecular complexity index is 895. The number of likely N-dealkylation sites (tertiary alicyclic amines) is 1. The van der Waals surface area contributed by atoms with Gasteiger partial charge in [0.2, 0.25) is 0 Å². The van der Waals surface area contributed by atoms with Gasteiger partial charge in [0.1, 0.15) is 18.4 Å². The number of amides is 1. The maximum Gasteiger partial charge on any atom is 0.411 e. The Morgan fingerprint density at radius 2 is 1.75 bits per heavy atom. The fourth-order valence-electron chi connectivity index (χ4n) is 3.76. The van der Waals surface area contributed by atoms with Gasteiger partial charge in [-0.15, -0.1) is 0 Å². The highest BCUT2D eigenvalue weighted by molar-refractivity contribution is 5.83. The van der Waals surface area contributed by atoms with Crippen molar-refractivity contribution in [2.75, 3.05) is 14.2 Å². The third-order valence-electron chi connectivity index (χ3n) is 5.41. The molecule has 0 radical (unpaired) electrons. The van der Waals surface area contributed by atoms with Crippen molar-refractivity contribution in [3.05, 3.63) is 65.7 Å². The monoisotopic (exact) mass is 448 g/mol. The molecule has 32 heavy (non-hydrogen) atoms. The zero-order chi connectivity index (χ0) is 23.1. The third-order valence-corrected chi connectivity index (χ3v) is 5.41. The Morgan fingerprint density at radius 3 is 2.34 bits per heavy atom. The summed E-state index contributed by atoms with van der Waals surface area (Å²) in [5.41, 5.74) is 1.57. The molecule has 1 amide bonds. The molecule has 0 aliphatic carbocycles. The second-order valence-corrected chi connectivity index (χ2v) is 7.39. The van der Waals surface area contributed by atoms with E-state index in [-0.39, 0.29) is 13.0 Å². The molecule has 3 atom stereocenters.